The molecule has 2 atom stereocenters. The Morgan fingerprint density at radius 2 is 2.09 bits per heavy atom. The molecule has 6 nitrogen and oxygen atoms in total. The lowest BCUT2D eigenvalue weighted by Crippen LogP contribution is -2.46. The van der Waals surface area contributed by atoms with Crippen molar-refractivity contribution in [2.24, 2.45) is 0 Å². The van der Waals surface area contributed by atoms with E-state index in [1.165, 1.54) is 0 Å². The standard InChI is InChI=1S/C25H32N2O4S/c1-5-30-22-13-19-12-17(3)31-23(19)14-20(22)15-26-25(29)21(9-10-32-4)27-24(28)18-8-6-7-16(2)11-18/h6-8,11,13-14,17,21H,5,9-10,12,15H2,1-4H3,(H,26,29)(H,27,28)/t17-,21+/m0/s1. The van der Waals surface area contributed by atoms with Crippen molar-refractivity contribution in [1.82, 2.24) is 10.6 Å². The molecule has 0 spiro atoms. The maximum Gasteiger partial charge on any atom is 0.251 e. The van der Waals surface area contributed by atoms with Gasteiger partial charge in [0.1, 0.15) is 23.6 Å². The van der Waals surface area contributed by atoms with Gasteiger partial charge in [0.2, 0.25) is 5.91 Å². The number of carbonyl (C=O) groups is 2. The second-order valence-electron chi connectivity index (χ2n) is 8.03. The Labute approximate surface area is 194 Å². The van der Waals surface area contributed by atoms with Crippen molar-refractivity contribution in [1.29, 1.82) is 0 Å². The summed E-state index contributed by atoms with van der Waals surface area (Å²) in [7, 11) is 0. The van der Waals surface area contributed by atoms with Crippen molar-refractivity contribution < 1.29 is 19.1 Å². The van der Waals surface area contributed by atoms with Gasteiger partial charge in [-0.25, -0.2) is 0 Å². The Hall–Kier alpha value is -2.67. The van der Waals surface area contributed by atoms with Crippen LogP contribution >= 0.6 is 11.8 Å². The lowest BCUT2D eigenvalue weighted by atomic mass is 10.1. The van der Waals surface area contributed by atoms with Crippen LogP contribution in [0.2, 0.25) is 0 Å². The quantitative estimate of drug-likeness (QED) is 0.567. The number of ether oxygens (including phenoxy) is 2. The van der Waals surface area contributed by atoms with E-state index >= 15 is 0 Å². The van der Waals surface area contributed by atoms with Crippen LogP contribution in [0.4, 0.5) is 0 Å². The molecule has 1 aliphatic heterocycles. The lowest BCUT2D eigenvalue weighted by Gasteiger charge is -2.19. The molecule has 32 heavy (non-hydrogen) atoms. The molecule has 0 saturated carbocycles. The van der Waals surface area contributed by atoms with Crippen molar-refractivity contribution in [3.05, 3.63) is 58.7 Å². The molecule has 0 unspecified atom stereocenters. The number of nitrogens with one attached hydrogen (secondary N) is 2. The SMILES string of the molecule is CCOc1cc2c(cc1CNC(=O)[C@@H](CCSC)NC(=O)c1cccc(C)c1)O[C@@H](C)C2. The van der Waals surface area contributed by atoms with Gasteiger partial charge in [0.25, 0.3) is 5.91 Å². The fourth-order valence-electron chi connectivity index (χ4n) is 3.75. The molecule has 0 saturated heterocycles. The molecule has 2 aromatic carbocycles. The van der Waals surface area contributed by atoms with Gasteiger partial charge in [-0.05, 0) is 63.5 Å². The molecule has 2 N–H and O–H groups in total. The highest BCUT2D eigenvalue weighted by Gasteiger charge is 2.24. The Morgan fingerprint density at radius 3 is 2.81 bits per heavy atom. The summed E-state index contributed by atoms with van der Waals surface area (Å²) in [5.74, 6) is 1.91. The highest BCUT2D eigenvalue weighted by Crippen LogP contribution is 2.35. The molecule has 0 radical (unpaired) electrons. The second kappa shape index (κ2) is 11.3. The van der Waals surface area contributed by atoms with E-state index in [0.717, 1.165) is 40.4 Å². The second-order valence-corrected chi connectivity index (χ2v) is 9.01. The van der Waals surface area contributed by atoms with Gasteiger partial charge in [0, 0.05) is 29.7 Å². The Morgan fingerprint density at radius 1 is 1.28 bits per heavy atom. The van der Waals surface area contributed by atoms with E-state index in [1.54, 1.807) is 17.8 Å². The molecule has 0 fully saturated rings. The number of amides is 2. The van der Waals surface area contributed by atoms with Crippen molar-refractivity contribution in [3.8, 4) is 11.5 Å². The molecule has 2 aromatic rings. The van der Waals surface area contributed by atoms with Gasteiger partial charge in [-0.1, -0.05) is 17.7 Å². The number of aryl methyl sites for hydroxylation is 1. The predicted octanol–water partition coefficient (Wildman–Crippen LogP) is 3.89. The van der Waals surface area contributed by atoms with Crippen LogP contribution in [-0.4, -0.2) is 42.6 Å². The molecule has 0 bridgehead atoms. The van der Waals surface area contributed by atoms with Gasteiger partial charge in [-0.3, -0.25) is 9.59 Å². The molecular weight excluding hydrogens is 424 g/mol. The molecule has 1 heterocycles. The van der Waals surface area contributed by atoms with E-state index in [4.69, 9.17) is 9.47 Å². The summed E-state index contributed by atoms with van der Waals surface area (Å²) in [6.45, 7) is 6.75. The van der Waals surface area contributed by atoms with Crippen LogP contribution in [0, 0.1) is 6.92 Å². The van der Waals surface area contributed by atoms with Crippen molar-refractivity contribution in [2.75, 3.05) is 18.6 Å². The van der Waals surface area contributed by atoms with Crippen LogP contribution in [-0.2, 0) is 17.8 Å². The highest BCUT2D eigenvalue weighted by molar-refractivity contribution is 7.98. The van der Waals surface area contributed by atoms with Crippen LogP contribution < -0.4 is 20.1 Å². The van der Waals surface area contributed by atoms with E-state index in [0.29, 0.717) is 25.1 Å². The first-order valence-electron chi connectivity index (χ1n) is 11.0. The number of rotatable bonds is 10. The van der Waals surface area contributed by atoms with Crippen LogP contribution in [0.15, 0.2) is 36.4 Å². The summed E-state index contributed by atoms with van der Waals surface area (Å²) in [4.78, 5) is 25.7. The highest BCUT2D eigenvalue weighted by atomic mass is 32.2. The molecule has 0 aromatic heterocycles. The third-order valence-electron chi connectivity index (χ3n) is 5.34. The number of thioether (sulfide) groups is 1. The molecule has 0 aliphatic carbocycles. The number of benzene rings is 2. The molecule has 3 rings (SSSR count). The average molecular weight is 457 g/mol. The third kappa shape index (κ3) is 6.19. The fraction of sp³-hybridized carbons (Fsp3) is 0.440. The van der Waals surface area contributed by atoms with Gasteiger partial charge >= 0.3 is 0 Å². The van der Waals surface area contributed by atoms with Gasteiger partial charge in [0.15, 0.2) is 0 Å². The zero-order valence-corrected chi connectivity index (χ0v) is 20.0. The minimum absolute atomic E-state index is 0.136. The lowest BCUT2D eigenvalue weighted by molar-refractivity contribution is -0.123. The topological polar surface area (TPSA) is 76.7 Å². The minimum Gasteiger partial charge on any atom is -0.494 e. The van der Waals surface area contributed by atoms with E-state index in [9.17, 15) is 9.59 Å². The van der Waals surface area contributed by atoms with Gasteiger partial charge in [-0.15, -0.1) is 0 Å². The minimum atomic E-state index is -0.614. The predicted molar refractivity (Wildman–Crippen MR) is 129 cm³/mol. The number of carbonyl (C=O) groups excluding carboxylic acids is 2. The summed E-state index contributed by atoms with van der Waals surface area (Å²) in [6, 6.07) is 10.7. The number of fused-ring (bicyclic) bond motifs is 1. The normalized spacial score (nSPS) is 15.4. The Kier molecular flexibility index (Phi) is 8.45. The van der Waals surface area contributed by atoms with E-state index < -0.39 is 6.04 Å². The molecule has 172 valence electrons. The summed E-state index contributed by atoms with van der Waals surface area (Å²) >= 11 is 1.64. The van der Waals surface area contributed by atoms with Crippen molar-refractivity contribution in [2.45, 2.75) is 52.3 Å². The fourth-order valence-corrected chi connectivity index (χ4v) is 4.22. The van der Waals surface area contributed by atoms with Crippen LogP contribution in [0.1, 0.15) is 47.3 Å². The van der Waals surface area contributed by atoms with Gasteiger partial charge in [0.05, 0.1) is 6.61 Å². The molecule has 7 heteroatoms. The average Bonchev–Trinajstić information content (AvgIpc) is 3.13. The molecule has 1 aliphatic rings. The summed E-state index contributed by atoms with van der Waals surface area (Å²) in [5, 5.41) is 5.88. The zero-order chi connectivity index (χ0) is 23.1. The van der Waals surface area contributed by atoms with Gasteiger partial charge < -0.3 is 20.1 Å². The molecular formula is C25H32N2O4S. The Balaban J connectivity index is 1.70. The monoisotopic (exact) mass is 456 g/mol. The van der Waals surface area contributed by atoms with E-state index in [1.807, 2.05) is 57.4 Å². The first-order valence-corrected chi connectivity index (χ1v) is 12.4. The van der Waals surface area contributed by atoms with Crippen LogP contribution in [0.3, 0.4) is 0 Å². The molecule has 2 amide bonds. The smallest absolute Gasteiger partial charge is 0.251 e. The largest absolute Gasteiger partial charge is 0.494 e. The maximum atomic E-state index is 13.0. The Bertz CT molecular complexity index is 963. The summed E-state index contributed by atoms with van der Waals surface area (Å²) in [6.07, 6.45) is 3.52. The van der Waals surface area contributed by atoms with Crippen molar-refractivity contribution >= 4 is 23.6 Å². The van der Waals surface area contributed by atoms with Crippen LogP contribution in [0.5, 0.6) is 11.5 Å². The summed E-state index contributed by atoms with van der Waals surface area (Å²) in [5.41, 5.74) is 3.54. The van der Waals surface area contributed by atoms with Gasteiger partial charge in [-0.2, -0.15) is 11.8 Å². The zero-order valence-electron chi connectivity index (χ0n) is 19.2. The summed E-state index contributed by atoms with van der Waals surface area (Å²) < 4.78 is 11.7. The third-order valence-corrected chi connectivity index (χ3v) is 5.99. The van der Waals surface area contributed by atoms with Crippen molar-refractivity contribution in [3.63, 3.8) is 0 Å². The first-order chi connectivity index (χ1) is 15.4. The van der Waals surface area contributed by atoms with E-state index in [-0.39, 0.29) is 17.9 Å². The number of hydrogen-bond donors (Lipinski definition) is 2. The number of hydrogen-bond acceptors (Lipinski definition) is 5. The maximum absolute atomic E-state index is 13.0. The van der Waals surface area contributed by atoms with Crippen LogP contribution in [0.25, 0.3) is 0 Å². The van der Waals surface area contributed by atoms with E-state index in [2.05, 4.69) is 10.6 Å². The first kappa shape index (κ1) is 24.0.